The van der Waals surface area contributed by atoms with E-state index < -0.39 is 0 Å². The Morgan fingerprint density at radius 3 is 1.96 bits per heavy atom. The van der Waals surface area contributed by atoms with Gasteiger partial charge >= 0.3 is 0 Å². The van der Waals surface area contributed by atoms with Crippen LogP contribution in [0.1, 0.15) is 0 Å². The maximum absolute atomic E-state index is 6.25. The third-order valence-electron chi connectivity index (χ3n) is 10.1. The molecule has 0 fully saturated rings. The summed E-state index contributed by atoms with van der Waals surface area (Å²) >= 11 is 0. The van der Waals surface area contributed by atoms with E-state index in [1.54, 1.807) is 0 Å². The van der Waals surface area contributed by atoms with E-state index >= 15 is 0 Å². The number of hydrogen-bond acceptors (Lipinski definition) is 1. The summed E-state index contributed by atoms with van der Waals surface area (Å²) < 4.78 is 8.68. The van der Waals surface area contributed by atoms with Crippen LogP contribution in [0.15, 0.2) is 156 Å². The van der Waals surface area contributed by atoms with Crippen LogP contribution in [-0.4, -0.2) is 4.57 Å². The number of furan rings is 1. The van der Waals surface area contributed by atoms with Crippen LogP contribution in [0.4, 0.5) is 0 Å². The highest BCUT2D eigenvalue weighted by molar-refractivity contribution is 6.19. The number of hydrogen-bond donors (Lipinski definition) is 0. The molecule has 0 amide bonds. The zero-order valence-corrected chi connectivity index (χ0v) is 24.8. The third kappa shape index (κ3) is 3.15. The van der Waals surface area contributed by atoms with Crippen molar-refractivity contribution in [1.29, 1.82) is 0 Å². The normalized spacial score (nSPS) is 12.3. The number of para-hydroxylation sites is 2. The largest absolute Gasteiger partial charge is 0.456 e. The Labute approximate surface area is 264 Å². The minimum Gasteiger partial charge on any atom is -0.456 e. The number of fused-ring (bicyclic) bond motifs is 10. The third-order valence-corrected chi connectivity index (χ3v) is 10.1. The van der Waals surface area contributed by atoms with E-state index in [0.29, 0.717) is 0 Å². The van der Waals surface area contributed by atoms with Gasteiger partial charge in [-0.15, -0.1) is 0 Å². The van der Waals surface area contributed by atoms with E-state index in [2.05, 4.69) is 144 Å². The molecule has 0 aliphatic heterocycles. The fourth-order valence-corrected chi connectivity index (χ4v) is 8.09. The molecule has 0 spiro atoms. The maximum atomic E-state index is 6.25. The average Bonchev–Trinajstić information content (AvgIpc) is 3.75. The summed E-state index contributed by atoms with van der Waals surface area (Å²) in [5.41, 5.74) is 13.2. The van der Waals surface area contributed by atoms with Gasteiger partial charge in [-0.25, -0.2) is 0 Å². The zero-order chi connectivity index (χ0) is 29.9. The molecule has 1 aliphatic rings. The number of aromatic nitrogens is 1. The molecule has 0 N–H and O–H groups in total. The average molecular weight is 584 g/mol. The van der Waals surface area contributed by atoms with Crippen molar-refractivity contribution in [2.75, 3.05) is 0 Å². The molecule has 0 saturated heterocycles. The van der Waals surface area contributed by atoms with Crippen molar-refractivity contribution in [3.8, 4) is 39.1 Å². The van der Waals surface area contributed by atoms with E-state index in [4.69, 9.17) is 4.42 Å². The van der Waals surface area contributed by atoms with Crippen LogP contribution in [0.5, 0.6) is 0 Å². The van der Waals surface area contributed by atoms with Crippen molar-refractivity contribution in [1.82, 2.24) is 4.57 Å². The Bertz CT molecular complexity index is 2890. The second kappa shape index (κ2) is 8.74. The highest BCUT2D eigenvalue weighted by Gasteiger charge is 2.22. The first-order valence-electron chi connectivity index (χ1n) is 15.8. The Kier molecular flexibility index (Phi) is 4.61. The minimum atomic E-state index is 0.927. The van der Waals surface area contributed by atoms with Gasteiger partial charge in [0.1, 0.15) is 11.2 Å². The van der Waals surface area contributed by atoms with Crippen LogP contribution in [-0.2, 0) is 0 Å². The Hall–Kier alpha value is -6.12. The van der Waals surface area contributed by atoms with Crippen LogP contribution in [0.25, 0.3) is 104 Å². The van der Waals surface area contributed by atoms with E-state index in [9.17, 15) is 0 Å². The molecule has 2 heteroatoms. The smallest absolute Gasteiger partial charge is 0.136 e. The highest BCUT2D eigenvalue weighted by Crippen LogP contribution is 2.49. The van der Waals surface area contributed by atoms with Gasteiger partial charge in [0.15, 0.2) is 0 Å². The molecule has 46 heavy (non-hydrogen) atoms. The quantitative estimate of drug-likeness (QED) is 0.198. The lowest BCUT2D eigenvalue weighted by molar-refractivity contribution is 0.669. The van der Waals surface area contributed by atoms with Crippen molar-refractivity contribution in [3.63, 3.8) is 0 Å². The van der Waals surface area contributed by atoms with Gasteiger partial charge in [0.2, 0.25) is 0 Å². The molecule has 212 valence electrons. The lowest BCUT2D eigenvalue weighted by Crippen LogP contribution is -1.94. The van der Waals surface area contributed by atoms with Crippen molar-refractivity contribution in [3.05, 3.63) is 152 Å². The van der Waals surface area contributed by atoms with Gasteiger partial charge in [0, 0.05) is 27.2 Å². The van der Waals surface area contributed by atoms with E-state index in [1.807, 2.05) is 12.1 Å². The number of benzene rings is 8. The SMILES string of the molecule is c1cc(-c2ccc3c4c(cccc24)-c2ccccc2-3)cc(-n2c3ccccc3c3cc4cc5oc6ccccc6c5cc4cc32)c1. The molecule has 2 nitrogen and oxygen atoms in total. The maximum Gasteiger partial charge on any atom is 0.136 e. The van der Waals surface area contributed by atoms with E-state index in [-0.39, 0.29) is 0 Å². The fourth-order valence-electron chi connectivity index (χ4n) is 8.09. The Morgan fingerprint density at radius 2 is 1.04 bits per heavy atom. The number of rotatable bonds is 2. The van der Waals surface area contributed by atoms with Gasteiger partial charge in [-0.05, 0) is 103 Å². The van der Waals surface area contributed by atoms with Crippen molar-refractivity contribution >= 4 is 65.3 Å². The van der Waals surface area contributed by atoms with Crippen LogP contribution >= 0.6 is 0 Å². The first-order valence-corrected chi connectivity index (χ1v) is 15.8. The van der Waals surface area contributed by atoms with Gasteiger partial charge in [-0.1, -0.05) is 103 Å². The molecular formula is C44H25NO. The molecule has 0 radical (unpaired) electrons. The lowest BCUT2D eigenvalue weighted by Gasteiger charge is -2.13. The molecule has 2 aromatic heterocycles. The Balaban J connectivity index is 1.15. The summed E-state index contributed by atoms with van der Waals surface area (Å²) in [6, 6.07) is 55.4. The van der Waals surface area contributed by atoms with E-state index in [1.165, 1.54) is 76.7 Å². The van der Waals surface area contributed by atoms with Crippen LogP contribution in [0, 0.1) is 0 Å². The molecule has 0 bridgehead atoms. The summed E-state index contributed by atoms with van der Waals surface area (Å²) in [5.74, 6) is 0. The first kappa shape index (κ1) is 24.2. The van der Waals surface area contributed by atoms with Crippen molar-refractivity contribution in [2.45, 2.75) is 0 Å². The molecule has 0 unspecified atom stereocenters. The standard InChI is InChI=1S/C44H25NO/c1-2-12-32-31(11-1)36-16-8-15-35-30(19-20-37(32)44(35)36)26-9-7-10-29(21-26)45-40-17-5-3-13-33(40)38-22-28-25-43-39(23-27(28)24-41(38)45)34-14-4-6-18-42(34)46-43/h1-25H. The van der Waals surface area contributed by atoms with Gasteiger partial charge < -0.3 is 8.98 Å². The van der Waals surface area contributed by atoms with Crippen LogP contribution in [0.3, 0.4) is 0 Å². The van der Waals surface area contributed by atoms with E-state index in [0.717, 1.165) is 27.6 Å². The van der Waals surface area contributed by atoms with Crippen molar-refractivity contribution in [2.24, 2.45) is 0 Å². The van der Waals surface area contributed by atoms with Crippen LogP contribution < -0.4 is 0 Å². The molecule has 0 atom stereocenters. The predicted molar refractivity (Wildman–Crippen MR) is 193 cm³/mol. The van der Waals surface area contributed by atoms with Gasteiger partial charge in [-0.3, -0.25) is 0 Å². The summed E-state index contributed by atoms with van der Waals surface area (Å²) in [6.07, 6.45) is 0. The molecule has 2 heterocycles. The topological polar surface area (TPSA) is 18.1 Å². The summed E-state index contributed by atoms with van der Waals surface area (Å²) in [4.78, 5) is 0. The molecule has 11 rings (SSSR count). The predicted octanol–water partition coefficient (Wildman–Crippen LogP) is 12.3. The van der Waals surface area contributed by atoms with Crippen molar-refractivity contribution < 1.29 is 4.42 Å². The molecule has 10 aromatic rings. The molecular weight excluding hydrogens is 558 g/mol. The molecule has 0 saturated carbocycles. The zero-order valence-electron chi connectivity index (χ0n) is 24.8. The fraction of sp³-hybridized carbons (Fsp3) is 0. The lowest BCUT2D eigenvalue weighted by atomic mass is 9.94. The second-order valence-electron chi connectivity index (χ2n) is 12.5. The second-order valence-corrected chi connectivity index (χ2v) is 12.5. The first-order chi connectivity index (χ1) is 22.8. The molecule has 1 aliphatic carbocycles. The Morgan fingerprint density at radius 1 is 0.370 bits per heavy atom. The minimum absolute atomic E-state index is 0.927. The summed E-state index contributed by atoms with van der Waals surface area (Å²) in [7, 11) is 0. The van der Waals surface area contributed by atoms with Gasteiger partial charge in [0.05, 0.1) is 11.0 Å². The highest BCUT2D eigenvalue weighted by atomic mass is 16.3. The van der Waals surface area contributed by atoms with Crippen LogP contribution in [0.2, 0.25) is 0 Å². The summed E-state index contributed by atoms with van der Waals surface area (Å²) in [5, 5.41) is 9.84. The monoisotopic (exact) mass is 583 g/mol. The van der Waals surface area contributed by atoms with Gasteiger partial charge in [-0.2, -0.15) is 0 Å². The molecule has 8 aromatic carbocycles. The van der Waals surface area contributed by atoms with Gasteiger partial charge in [0.25, 0.3) is 0 Å². The number of nitrogens with zero attached hydrogens (tertiary/aromatic N) is 1. The summed E-state index contributed by atoms with van der Waals surface area (Å²) in [6.45, 7) is 0.